The minimum atomic E-state index is -0.489. The van der Waals surface area contributed by atoms with Gasteiger partial charge in [-0.05, 0) is 58.0 Å². The summed E-state index contributed by atoms with van der Waals surface area (Å²) in [6.07, 6.45) is 1.35. The number of carbonyl (C=O) groups excluding carboxylic acids is 2. The molecule has 0 radical (unpaired) electrons. The van der Waals surface area contributed by atoms with E-state index in [0.29, 0.717) is 23.6 Å². The van der Waals surface area contributed by atoms with Crippen molar-refractivity contribution in [1.82, 2.24) is 5.32 Å². The molecule has 0 aliphatic heterocycles. The fraction of sp³-hybridized carbons (Fsp3) is 0.261. The quantitative estimate of drug-likeness (QED) is 0.398. The maximum atomic E-state index is 12.5. The van der Waals surface area contributed by atoms with Crippen molar-refractivity contribution in [1.29, 1.82) is 5.26 Å². The van der Waals surface area contributed by atoms with Gasteiger partial charge in [-0.2, -0.15) is 5.26 Å². The van der Waals surface area contributed by atoms with Crippen molar-refractivity contribution in [2.45, 2.75) is 33.7 Å². The average Bonchev–Trinajstić information content (AvgIpc) is 2.70. The number of hydrogen-bond acceptors (Lipinski definition) is 5. The molecule has 0 aliphatic rings. The van der Waals surface area contributed by atoms with Crippen molar-refractivity contribution in [2.75, 3.05) is 11.9 Å². The highest BCUT2D eigenvalue weighted by Gasteiger charge is 2.17. The largest absolute Gasteiger partial charge is 0.494 e. The molecule has 0 spiro atoms. The van der Waals surface area contributed by atoms with Gasteiger partial charge in [-0.3, -0.25) is 9.59 Å². The number of ketones is 1. The molecule has 0 bridgehead atoms. The summed E-state index contributed by atoms with van der Waals surface area (Å²) in [6, 6.07) is 14.1. The van der Waals surface area contributed by atoms with Crippen LogP contribution in [0, 0.1) is 18.3 Å². The first kappa shape index (κ1) is 21.7. The summed E-state index contributed by atoms with van der Waals surface area (Å²) in [5, 5.41) is 15.1. The minimum absolute atomic E-state index is 0.0271. The van der Waals surface area contributed by atoms with Gasteiger partial charge in [-0.1, -0.05) is 17.7 Å². The van der Waals surface area contributed by atoms with Gasteiger partial charge >= 0.3 is 0 Å². The van der Waals surface area contributed by atoms with Crippen molar-refractivity contribution in [2.24, 2.45) is 0 Å². The lowest BCUT2D eigenvalue weighted by molar-refractivity contribution is -0.117. The summed E-state index contributed by atoms with van der Waals surface area (Å²) in [5.74, 6) is 0.189. The van der Waals surface area contributed by atoms with E-state index in [0.717, 1.165) is 11.1 Å². The summed E-state index contributed by atoms with van der Waals surface area (Å²) >= 11 is 0. The molecule has 2 aromatic rings. The number of hydrogen-bond donors (Lipinski definition) is 2. The van der Waals surface area contributed by atoms with Crippen LogP contribution in [-0.4, -0.2) is 18.3 Å². The third-order valence-corrected chi connectivity index (χ3v) is 4.32. The molecule has 0 aliphatic carbocycles. The molecule has 2 rings (SSSR count). The number of nitrogens with one attached hydrogen (secondary N) is 2. The van der Waals surface area contributed by atoms with E-state index >= 15 is 0 Å². The molecular weight excluding hydrogens is 366 g/mol. The van der Waals surface area contributed by atoms with Crippen molar-refractivity contribution in [3.05, 3.63) is 70.9 Å². The van der Waals surface area contributed by atoms with E-state index in [4.69, 9.17) is 4.74 Å². The number of carbonyl (C=O) groups is 2. The van der Waals surface area contributed by atoms with E-state index in [1.807, 2.05) is 45.0 Å². The molecule has 0 fully saturated rings. The fourth-order valence-corrected chi connectivity index (χ4v) is 2.75. The third kappa shape index (κ3) is 5.94. The number of ether oxygens (including phenoxy) is 1. The number of rotatable bonds is 8. The lowest BCUT2D eigenvalue weighted by Gasteiger charge is -2.18. The predicted octanol–water partition coefficient (Wildman–Crippen LogP) is 4.29. The first-order valence-corrected chi connectivity index (χ1v) is 9.37. The normalized spacial score (nSPS) is 11.9. The van der Waals surface area contributed by atoms with Crippen LogP contribution >= 0.6 is 0 Å². The first-order valence-electron chi connectivity index (χ1n) is 9.37. The molecule has 0 heterocycles. The highest BCUT2D eigenvalue weighted by Crippen LogP contribution is 2.26. The number of anilines is 1. The van der Waals surface area contributed by atoms with E-state index in [-0.39, 0.29) is 17.4 Å². The smallest absolute Gasteiger partial charge is 0.263 e. The zero-order valence-corrected chi connectivity index (χ0v) is 17.1. The molecule has 6 nitrogen and oxygen atoms in total. The third-order valence-electron chi connectivity index (χ3n) is 4.32. The Kier molecular flexibility index (Phi) is 7.55. The Morgan fingerprint density at radius 2 is 1.90 bits per heavy atom. The Bertz CT molecular complexity index is 956. The fourth-order valence-electron chi connectivity index (χ4n) is 2.75. The van der Waals surface area contributed by atoms with E-state index in [1.165, 1.54) is 13.1 Å². The molecule has 0 saturated heterocycles. The Morgan fingerprint density at radius 3 is 2.48 bits per heavy atom. The predicted molar refractivity (Wildman–Crippen MR) is 113 cm³/mol. The second kappa shape index (κ2) is 10.1. The van der Waals surface area contributed by atoms with Gasteiger partial charge in [-0.15, -0.1) is 0 Å². The monoisotopic (exact) mass is 391 g/mol. The Balaban J connectivity index is 2.11. The number of Topliss-reactive ketones (excluding diaryl/α,β-unsaturated/α-hetero) is 1. The molecule has 150 valence electrons. The van der Waals surface area contributed by atoms with Gasteiger partial charge in [0.05, 0.1) is 12.6 Å². The maximum absolute atomic E-state index is 12.5. The number of aryl methyl sites for hydroxylation is 1. The zero-order chi connectivity index (χ0) is 21.4. The molecule has 1 unspecified atom stereocenters. The van der Waals surface area contributed by atoms with Gasteiger partial charge < -0.3 is 15.4 Å². The second-order valence-electron chi connectivity index (χ2n) is 6.62. The van der Waals surface area contributed by atoms with Gasteiger partial charge in [0, 0.05) is 23.0 Å². The zero-order valence-electron chi connectivity index (χ0n) is 17.1. The van der Waals surface area contributed by atoms with Gasteiger partial charge in [0.2, 0.25) is 0 Å². The van der Waals surface area contributed by atoms with Crippen molar-refractivity contribution >= 4 is 17.4 Å². The summed E-state index contributed by atoms with van der Waals surface area (Å²) in [4.78, 5) is 23.9. The number of nitriles is 1. The van der Waals surface area contributed by atoms with Crippen LogP contribution in [0.3, 0.4) is 0 Å². The van der Waals surface area contributed by atoms with Gasteiger partial charge in [0.15, 0.2) is 5.78 Å². The van der Waals surface area contributed by atoms with E-state index in [2.05, 4.69) is 10.6 Å². The van der Waals surface area contributed by atoms with Crippen LogP contribution in [0.15, 0.2) is 54.2 Å². The molecule has 29 heavy (non-hydrogen) atoms. The summed E-state index contributed by atoms with van der Waals surface area (Å²) in [7, 11) is 0. The Hall–Kier alpha value is -3.59. The van der Waals surface area contributed by atoms with Gasteiger partial charge in [0.1, 0.15) is 17.4 Å². The lowest BCUT2D eigenvalue weighted by atomic mass is 10.0. The lowest BCUT2D eigenvalue weighted by Crippen LogP contribution is -2.28. The van der Waals surface area contributed by atoms with Crippen LogP contribution in [0.1, 0.15) is 48.3 Å². The summed E-state index contributed by atoms with van der Waals surface area (Å²) < 4.78 is 5.65. The molecular formula is C23H25N3O3. The summed E-state index contributed by atoms with van der Waals surface area (Å²) in [6.45, 7) is 7.73. The molecule has 6 heteroatoms. The number of amides is 1. The molecule has 1 amide bonds. The highest BCUT2D eigenvalue weighted by molar-refractivity contribution is 5.98. The molecule has 1 atom stereocenters. The molecule has 0 saturated carbocycles. The van der Waals surface area contributed by atoms with Crippen molar-refractivity contribution in [3.63, 3.8) is 0 Å². The minimum Gasteiger partial charge on any atom is -0.494 e. The first-order chi connectivity index (χ1) is 13.8. The Morgan fingerprint density at radius 1 is 1.21 bits per heavy atom. The van der Waals surface area contributed by atoms with Crippen molar-refractivity contribution < 1.29 is 14.3 Å². The second-order valence-corrected chi connectivity index (χ2v) is 6.62. The summed E-state index contributed by atoms with van der Waals surface area (Å²) in [5.41, 5.74) is 3.11. The maximum Gasteiger partial charge on any atom is 0.263 e. The molecule has 2 N–H and O–H groups in total. The van der Waals surface area contributed by atoms with E-state index < -0.39 is 5.91 Å². The highest BCUT2D eigenvalue weighted by atomic mass is 16.5. The van der Waals surface area contributed by atoms with Crippen LogP contribution in [0.25, 0.3) is 0 Å². The van der Waals surface area contributed by atoms with Gasteiger partial charge in [0.25, 0.3) is 5.91 Å². The molecule has 0 aromatic heterocycles. The van der Waals surface area contributed by atoms with Crippen LogP contribution in [0.4, 0.5) is 5.69 Å². The average molecular weight is 391 g/mol. The number of benzene rings is 2. The number of nitrogens with zero attached hydrogens (tertiary/aromatic N) is 1. The SMILES string of the molecule is CCOc1ccc(C)cc1C(C)NC(=O)/C(C#N)=C\Nc1ccc(C(C)=O)cc1. The van der Waals surface area contributed by atoms with Gasteiger partial charge in [-0.25, -0.2) is 0 Å². The van der Waals surface area contributed by atoms with Crippen LogP contribution < -0.4 is 15.4 Å². The topological polar surface area (TPSA) is 91.2 Å². The van der Waals surface area contributed by atoms with Crippen LogP contribution in [0.5, 0.6) is 5.75 Å². The molecule has 2 aromatic carbocycles. The van der Waals surface area contributed by atoms with Crippen LogP contribution in [-0.2, 0) is 4.79 Å². The van der Waals surface area contributed by atoms with E-state index in [1.54, 1.807) is 24.3 Å². The van der Waals surface area contributed by atoms with E-state index in [9.17, 15) is 14.9 Å². The standard InChI is InChI=1S/C23H25N3O3/c1-5-29-22-11-6-15(2)12-21(22)16(3)26-23(28)19(13-24)14-25-20-9-7-18(8-10-20)17(4)27/h6-12,14,16,25H,5H2,1-4H3,(H,26,28)/b19-14-. The van der Waals surface area contributed by atoms with Crippen LogP contribution in [0.2, 0.25) is 0 Å². The van der Waals surface area contributed by atoms with Crippen molar-refractivity contribution in [3.8, 4) is 11.8 Å². The Labute approximate surface area is 171 Å².